The van der Waals surface area contributed by atoms with Crippen LogP contribution in [0.4, 0.5) is 0 Å². The van der Waals surface area contributed by atoms with Crippen molar-refractivity contribution in [3.63, 3.8) is 0 Å². The number of nitrogens with zero attached hydrogens (tertiary/aromatic N) is 2. The maximum Gasteiger partial charge on any atom is 0.0663 e. The molecular formula is C19H22Cl3N5. The molecule has 2 aromatic carbocycles. The number of rotatable bonds is 3. The van der Waals surface area contributed by atoms with E-state index < -0.39 is 0 Å². The van der Waals surface area contributed by atoms with E-state index in [0.717, 1.165) is 38.9 Å². The first-order valence-corrected chi connectivity index (χ1v) is 7.90. The van der Waals surface area contributed by atoms with Crippen molar-refractivity contribution in [1.82, 2.24) is 20.4 Å². The zero-order valence-corrected chi connectivity index (χ0v) is 17.3. The van der Waals surface area contributed by atoms with Crippen LogP contribution >= 0.6 is 37.2 Å². The Morgan fingerprint density at radius 3 is 2.15 bits per heavy atom. The highest BCUT2D eigenvalue weighted by molar-refractivity contribution is 6.01. The van der Waals surface area contributed by atoms with Gasteiger partial charge in [0, 0.05) is 22.7 Å². The van der Waals surface area contributed by atoms with E-state index in [0.29, 0.717) is 0 Å². The molecule has 27 heavy (non-hydrogen) atoms. The van der Waals surface area contributed by atoms with Crippen molar-refractivity contribution >= 4 is 48.1 Å². The summed E-state index contributed by atoms with van der Waals surface area (Å²) in [5.41, 5.74) is 12.3. The van der Waals surface area contributed by atoms with Crippen molar-refractivity contribution in [2.75, 3.05) is 0 Å². The Morgan fingerprint density at radius 2 is 1.56 bits per heavy atom. The van der Waals surface area contributed by atoms with Crippen LogP contribution in [0.5, 0.6) is 0 Å². The van der Waals surface area contributed by atoms with Crippen LogP contribution in [0.3, 0.4) is 0 Å². The van der Waals surface area contributed by atoms with Crippen molar-refractivity contribution in [3.05, 3.63) is 60.4 Å². The van der Waals surface area contributed by atoms with E-state index in [-0.39, 0.29) is 42.8 Å². The first-order valence-electron chi connectivity index (χ1n) is 7.90. The lowest BCUT2D eigenvalue weighted by molar-refractivity contribution is 0.554. The molecule has 2 heterocycles. The van der Waals surface area contributed by atoms with Crippen molar-refractivity contribution in [3.8, 4) is 22.4 Å². The first kappa shape index (κ1) is 23.0. The van der Waals surface area contributed by atoms with Gasteiger partial charge in [0.25, 0.3) is 0 Å². The lowest BCUT2D eigenvalue weighted by Gasteiger charge is -2.19. The van der Waals surface area contributed by atoms with Gasteiger partial charge >= 0.3 is 0 Å². The van der Waals surface area contributed by atoms with Crippen LogP contribution in [0, 0.1) is 0 Å². The van der Waals surface area contributed by atoms with Crippen LogP contribution in [-0.2, 0) is 5.54 Å². The molecule has 0 aliphatic rings. The van der Waals surface area contributed by atoms with Crippen LogP contribution < -0.4 is 5.73 Å². The maximum absolute atomic E-state index is 6.19. The number of benzene rings is 2. The van der Waals surface area contributed by atoms with Crippen molar-refractivity contribution < 1.29 is 0 Å². The summed E-state index contributed by atoms with van der Waals surface area (Å²) in [5.74, 6) is 0. The highest BCUT2D eigenvalue weighted by Gasteiger charge is 2.16. The summed E-state index contributed by atoms with van der Waals surface area (Å²) in [6.07, 6.45) is 3.62. The summed E-state index contributed by atoms with van der Waals surface area (Å²) >= 11 is 0. The molecule has 0 atom stereocenters. The molecule has 0 spiro atoms. The number of halogens is 3. The SMILES string of the molecule is CC(C)(N)c1ccc(-c2ccc3[nH]ncc3c2-c2ccn[nH]2)cc1.Cl.Cl.Cl. The fourth-order valence-corrected chi connectivity index (χ4v) is 3.02. The molecule has 0 fully saturated rings. The third kappa shape index (κ3) is 4.28. The molecule has 0 amide bonds. The molecule has 0 aliphatic carbocycles. The fraction of sp³-hybridized carbons (Fsp3) is 0.158. The molecule has 0 aliphatic heterocycles. The van der Waals surface area contributed by atoms with Crippen LogP contribution in [0.1, 0.15) is 19.4 Å². The predicted molar refractivity (Wildman–Crippen MR) is 118 cm³/mol. The van der Waals surface area contributed by atoms with E-state index in [9.17, 15) is 0 Å². The van der Waals surface area contributed by atoms with E-state index in [1.165, 1.54) is 0 Å². The fourth-order valence-electron chi connectivity index (χ4n) is 3.02. The Kier molecular flexibility index (Phi) is 7.46. The molecule has 4 aromatic rings. The quantitative estimate of drug-likeness (QED) is 0.427. The molecular weight excluding hydrogens is 405 g/mol. The summed E-state index contributed by atoms with van der Waals surface area (Å²) in [7, 11) is 0. The van der Waals surface area contributed by atoms with Gasteiger partial charge in [0.15, 0.2) is 0 Å². The molecule has 0 unspecified atom stereocenters. The Hall–Kier alpha value is -2.05. The number of H-pyrrole nitrogens is 2. The van der Waals surface area contributed by atoms with Crippen molar-refractivity contribution in [2.24, 2.45) is 5.73 Å². The van der Waals surface area contributed by atoms with Gasteiger partial charge in [-0.3, -0.25) is 10.2 Å². The Balaban J connectivity index is 0.00000121. The van der Waals surface area contributed by atoms with Crippen molar-refractivity contribution in [1.29, 1.82) is 0 Å². The zero-order valence-electron chi connectivity index (χ0n) is 14.9. The molecule has 8 heteroatoms. The number of nitrogens with two attached hydrogens (primary N) is 1. The Bertz CT molecular complexity index is 987. The second kappa shape index (κ2) is 8.76. The van der Waals surface area contributed by atoms with Crippen LogP contribution in [0.15, 0.2) is 54.9 Å². The van der Waals surface area contributed by atoms with Gasteiger partial charge in [0.1, 0.15) is 0 Å². The van der Waals surface area contributed by atoms with Crippen LogP contribution in [-0.4, -0.2) is 20.4 Å². The third-order valence-corrected chi connectivity index (χ3v) is 4.33. The number of nitrogens with one attached hydrogen (secondary N) is 2. The lowest BCUT2D eigenvalue weighted by Crippen LogP contribution is -2.28. The second-order valence-corrected chi connectivity index (χ2v) is 6.59. The molecule has 0 saturated heterocycles. The minimum atomic E-state index is -0.348. The maximum atomic E-state index is 6.19. The molecule has 2 aromatic heterocycles. The van der Waals surface area contributed by atoms with Gasteiger partial charge in [-0.05, 0) is 42.7 Å². The number of hydrogen-bond acceptors (Lipinski definition) is 3. The van der Waals surface area contributed by atoms with E-state index in [4.69, 9.17) is 5.73 Å². The largest absolute Gasteiger partial charge is 0.322 e. The normalized spacial score (nSPS) is 10.6. The van der Waals surface area contributed by atoms with E-state index in [1.807, 2.05) is 26.1 Å². The van der Waals surface area contributed by atoms with Crippen LogP contribution in [0.25, 0.3) is 33.3 Å². The molecule has 0 saturated carbocycles. The zero-order chi connectivity index (χ0) is 16.7. The molecule has 0 bridgehead atoms. The van der Waals surface area contributed by atoms with Gasteiger partial charge in [-0.2, -0.15) is 10.2 Å². The summed E-state index contributed by atoms with van der Waals surface area (Å²) < 4.78 is 0. The van der Waals surface area contributed by atoms with Gasteiger partial charge in [-0.25, -0.2) is 0 Å². The minimum absolute atomic E-state index is 0. The van der Waals surface area contributed by atoms with E-state index in [1.54, 1.807) is 6.20 Å². The van der Waals surface area contributed by atoms with E-state index in [2.05, 4.69) is 56.8 Å². The van der Waals surface area contributed by atoms with Crippen LogP contribution in [0.2, 0.25) is 0 Å². The van der Waals surface area contributed by atoms with Crippen molar-refractivity contribution in [2.45, 2.75) is 19.4 Å². The predicted octanol–water partition coefficient (Wildman–Crippen LogP) is 5.08. The lowest BCUT2D eigenvalue weighted by atomic mass is 9.91. The average molecular weight is 427 g/mol. The molecule has 4 rings (SSSR count). The number of hydrogen-bond donors (Lipinski definition) is 3. The van der Waals surface area contributed by atoms with Gasteiger partial charge in [0.05, 0.1) is 17.4 Å². The number of aromatic amines is 2. The Labute approximate surface area is 176 Å². The first-order chi connectivity index (χ1) is 11.5. The summed E-state index contributed by atoms with van der Waals surface area (Å²) in [6, 6.07) is 14.5. The monoisotopic (exact) mass is 425 g/mol. The highest BCUT2D eigenvalue weighted by Crippen LogP contribution is 2.37. The number of fused-ring (bicyclic) bond motifs is 1. The minimum Gasteiger partial charge on any atom is -0.322 e. The van der Waals surface area contributed by atoms with Gasteiger partial charge in [-0.15, -0.1) is 37.2 Å². The second-order valence-electron chi connectivity index (χ2n) is 6.59. The summed E-state index contributed by atoms with van der Waals surface area (Å²) in [4.78, 5) is 0. The molecule has 0 radical (unpaired) electrons. The topological polar surface area (TPSA) is 83.4 Å². The van der Waals surface area contributed by atoms with E-state index >= 15 is 0 Å². The van der Waals surface area contributed by atoms with Gasteiger partial charge in [-0.1, -0.05) is 30.3 Å². The molecule has 5 nitrogen and oxygen atoms in total. The summed E-state index contributed by atoms with van der Waals surface area (Å²) in [6.45, 7) is 4.02. The number of aromatic nitrogens is 4. The highest BCUT2D eigenvalue weighted by atomic mass is 35.5. The van der Waals surface area contributed by atoms with Gasteiger partial charge in [0.2, 0.25) is 0 Å². The standard InChI is InChI=1S/C19H19N5.3ClH/c1-19(2,20)13-5-3-12(4-6-13)14-7-8-16-15(11-22-23-16)18(14)17-9-10-21-24-17;;;/h3-11H,20H2,1-2H3,(H,21,24)(H,22,23);3*1H. The third-order valence-electron chi connectivity index (χ3n) is 4.33. The van der Waals surface area contributed by atoms with Gasteiger partial charge < -0.3 is 5.73 Å². The average Bonchev–Trinajstić information content (AvgIpc) is 3.24. The smallest absolute Gasteiger partial charge is 0.0663 e. The summed E-state index contributed by atoms with van der Waals surface area (Å²) in [5, 5.41) is 15.4. The molecule has 144 valence electrons. The Morgan fingerprint density at radius 1 is 0.852 bits per heavy atom. The molecule has 4 N–H and O–H groups in total.